The number of hydrogen-bond donors (Lipinski definition) is 1. The Kier molecular flexibility index (Phi) is 5.69. The summed E-state index contributed by atoms with van der Waals surface area (Å²) in [5, 5.41) is 2.56. The molecule has 0 radical (unpaired) electrons. The zero-order valence-electron chi connectivity index (χ0n) is 13.2. The number of carbonyl (C=O) groups excluding carboxylic acids is 2. The quantitative estimate of drug-likeness (QED) is 0.854. The molecule has 1 aromatic carbocycles. The Hall–Kier alpha value is -2.25. The molecule has 0 spiro atoms. The van der Waals surface area contributed by atoms with Gasteiger partial charge in [-0.3, -0.25) is 4.79 Å². The standard InChI is InChI=1S/C16H19F3N2O3/c1-2-24-14(22)11-7-9-21(10-8-11)15(23)20-13-5-3-12(4-6-13)16(17,18)19/h3-6,11H,2,7-10H2,1H3,(H,20,23). The van der Waals surface area contributed by atoms with E-state index in [0.29, 0.717) is 38.2 Å². The van der Waals surface area contributed by atoms with E-state index in [1.807, 2.05) is 0 Å². The number of ether oxygens (including phenoxy) is 1. The summed E-state index contributed by atoms with van der Waals surface area (Å²) in [6, 6.07) is 3.88. The van der Waals surface area contributed by atoms with Gasteiger partial charge in [-0.25, -0.2) is 4.79 Å². The molecule has 0 atom stereocenters. The van der Waals surface area contributed by atoms with Crippen molar-refractivity contribution < 1.29 is 27.5 Å². The maximum atomic E-state index is 12.5. The highest BCUT2D eigenvalue weighted by atomic mass is 19.4. The van der Waals surface area contributed by atoms with E-state index in [4.69, 9.17) is 4.74 Å². The number of piperidine rings is 1. The van der Waals surface area contributed by atoms with Crippen molar-refractivity contribution in [1.29, 1.82) is 0 Å². The minimum absolute atomic E-state index is 0.208. The van der Waals surface area contributed by atoms with Crippen LogP contribution in [0.1, 0.15) is 25.3 Å². The molecule has 1 aliphatic heterocycles. The van der Waals surface area contributed by atoms with Gasteiger partial charge < -0.3 is 15.0 Å². The average molecular weight is 344 g/mol. The number of benzene rings is 1. The monoisotopic (exact) mass is 344 g/mol. The average Bonchev–Trinajstić information content (AvgIpc) is 2.55. The van der Waals surface area contributed by atoms with Crippen molar-refractivity contribution >= 4 is 17.7 Å². The van der Waals surface area contributed by atoms with E-state index >= 15 is 0 Å². The Morgan fingerprint density at radius 1 is 1.21 bits per heavy atom. The lowest BCUT2D eigenvalue weighted by Crippen LogP contribution is -2.42. The van der Waals surface area contributed by atoms with Crippen LogP contribution in [0.25, 0.3) is 0 Å². The molecule has 8 heteroatoms. The van der Waals surface area contributed by atoms with Crippen LogP contribution in [-0.2, 0) is 15.7 Å². The van der Waals surface area contributed by atoms with Crippen molar-refractivity contribution in [3.63, 3.8) is 0 Å². The smallest absolute Gasteiger partial charge is 0.416 e. The summed E-state index contributed by atoms with van der Waals surface area (Å²) in [4.78, 5) is 25.3. The van der Waals surface area contributed by atoms with Gasteiger partial charge in [-0.15, -0.1) is 0 Å². The molecule has 0 aliphatic carbocycles. The number of anilines is 1. The van der Waals surface area contributed by atoms with Gasteiger partial charge in [-0.2, -0.15) is 13.2 Å². The number of rotatable bonds is 3. The number of amides is 2. The number of nitrogens with one attached hydrogen (secondary N) is 1. The second-order valence-electron chi connectivity index (χ2n) is 5.52. The highest BCUT2D eigenvalue weighted by Gasteiger charge is 2.30. The Bertz CT molecular complexity index is 579. The topological polar surface area (TPSA) is 58.6 Å². The van der Waals surface area contributed by atoms with Crippen LogP contribution in [0.15, 0.2) is 24.3 Å². The number of hydrogen-bond acceptors (Lipinski definition) is 3. The van der Waals surface area contributed by atoms with Gasteiger partial charge in [-0.05, 0) is 44.0 Å². The molecule has 1 heterocycles. The lowest BCUT2D eigenvalue weighted by molar-refractivity contribution is -0.149. The summed E-state index contributed by atoms with van der Waals surface area (Å²) in [5.41, 5.74) is -0.476. The molecule has 24 heavy (non-hydrogen) atoms. The maximum Gasteiger partial charge on any atom is 0.416 e. The minimum atomic E-state index is -4.41. The van der Waals surface area contributed by atoms with Gasteiger partial charge in [0, 0.05) is 18.8 Å². The second-order valence-corrected chi connectivity index (χ2v) is 5.52. The molecule has 0 bridgehead atoms. The van der Waals surface area contributed by atoms with Crippen molar-refractivity contribution in [2.75, 3.05) is 25.0 Å². The van der Waals surface area contributed by atoms with E-state index < -0.39 is 17.8 Å². The Morgan fingerprint density at radius 2 is 1.79 bits per heavy atom. The van der Waals surface area contributed by atoms with E-state index in [9.17, 15) is 22.8 Å². The number of carbonyl (C=O) groups is 2. The van der Waals surface area contributed by atoms with E-state index in [0.717, 1.165) is 12.1 Å². The number of esters is 1. The molecule has 2 rings (SSSR count). The van der Waals surface area contributed by atoms with Crippen molar-refractivity contribution in [2.24, 2.45) is 5.92 Å². The molecule has 0 saturated carbocycles. The summed E-state index contributed by atoms with van der Waals surface area (Å²) < 4.78 is 42.5. The van der Waals surface area contributed by atoms with Gasteiger partial charge >= 0.3 is 18.2 Å². The molecule has 0 unspecified atom stereocenters. The van der Waals surface area contributed by atoms with E-state index in [-0.39, 0.29) is 11.9 Å². The fourth-order valence-electron chi connectivity index (χ4n) is 2.52. The van der Waals surface area contributed by atoms with Gasteiger partial charge in [-0.1, -0.05) is 0 Å². The molecule has 1 fully saturated rings. The van der Waals surface area contributed by atoms with Crippen LogP contribution in [0.5, 0.6) is 0 Å². The zero-order chi connectivity index (χ0) is 17.7. The highest BCUT2D eigenvalue weighted by molar-refractivity contribution is 5.89. The number of likely N-dealkylation sites (tertiary alicyclic amines) is 1. The third-order valence-electron chi connectivity index (χ3n) is 3.87. The van der Waals surface area contributed by atoms with Crippen molar-refractivity contribution in [2.45, 2.75) is 25.9 Å². The summed E-state index contributed by atoms with van der Waals surface area (Å²) in [5.74, 6) is -0.458. The first kappa shape index (κ1) is 18.1. The number of nitrogens with zero attached hydrogens (tertiary/aromatic N) is 1. The van der Waals surface area contributed by atoms with Crippen molar-refractivity contribution in [3.05, 3.63) is 29.8 Å². The van der Waals surface area contributed by atoms with Crippen molar-refractivity contribution in [1.82, 2.24) is 4.90 Å². The van der Waals surface area contributed by atoms with Crippen LogP contribution in [0, 0.1) is 5.92 Å². The normalized spacial score (nSPS) is 15.9. The minimum Gasteiger partial charge on any atom is -0.466 e. The van der Waals surface area contributed by atoms with Crippen LogP contribution in [0.2, 0.25) is 0 Å². The predicted molar refractivity (Wildman–Crippen MR) is 81.4 cm³/mol. The summed E-state index contributed by atoms with van der Waals surface area (Å²) >= 11 is 0. The van der Waals surface area contributed by atoms with Crippen LogP contribution >= 0.6 is 0 Å². The molecule has 1 N–H and O–H groups in total. The number of urea groups is 1. The summed E-state index contributed by atoms with van der Waals surface area (Å²) in [6.45, 7) is 2.86. The molecule has 5 nitrogen and oxygen atoms in total. The van der Waals surface area contributed by atoms with Crippen LogP contribution in [-0.4, -0.2) is 36.6 Å². The number of alkyl halides is 3. The Morgan fingerprint density at radius 3 is 2.29 bits per heavy atom. The number of halogens is 3. The third-order valence-corrected chi connectivity index (χ3v) is 3.87. The second kappa shape index (κ2) is 7.55. The lowest BCUT2D eigenvalue weighted by atomic mass is 9.97. The molecule has 1 aromatic rings. The van der Waals surface area contributed by atoms with Gasteiger partial charge in [0.1, 0.15) is 0 Å². The van der Waals surface area contributed by atoms with Crippen LogP contribution in [0.4, 0.5) is 23.7 Å². The van der Waals surface area contributed by atoms with E-state index in [2.05, 4.69) is 5.32 Å². The summed E-state index contributed by atoms with van der Waals surface area (Å²) in [7, 11) is 0. The highest BCUT2D eigenvalue weighted by Crippen LogP contribution is 2.30. The lowest BCUT2D eigenvalue weighted by Gasteiger charge is -2.30. The van der Waals surface area contributed by atoms with Gasteiger partial charge in [0.25, 0.3) is 0 Å². The van der Waals surface area contributed by atoms with E-state index in [1.165, 1.54) is 17.0 Å². The first-order valence-corrected chi connectivity index (χ1v) is 7.71. The Balaban J connectivity index is 1.86. The molecule has 0 aromatic heterocycles. The molecule has 132 valence electrons. The predicted octanol–water partition coefficient (Wildman–Crippen LogP) is 3.51. The SMILES string of the molecule is CCOC(=O)C1CCN(C(=O)Nc2ccc(C(F)(F)F)cc2)CC1. The molecular formula is C16H19F3N2O3. The first-order chi connectivity index (χ1) is 11.3. The van der Waals surface area contributed by atoms with Gasteiger partial charge in [0.05, 0.1) is 18.1 Å². The van der Waals surface area contributed by atoms with Crippen LogP contribution in [0.3, 0.4) is 0 Å². The molecule has 2 amide bonds. The fourth-order valence-corrected chi connectivity index (χ4v) is 2.52. The fraction of sp³-hybridized carbons (Fsp3) is 0.500. The van der Waals surface area contributed by atoms with Crippen molar-refractivity contribution in [3.8, 4) is 0 Å². The first-order valence-electron chi connectivity index (χ1n) is 7.71. The third kappa shape index (κ3) is 4.62. The van der Waals surface area contributed by atoms with E-state index in [1.54, 1.807) is 6.92 Å². The Labute approximate surface area is 137 Å². The molecule has 1 saturated heterocycles. The van der Waals surface area contributed by atoms with Gasteiger partial charge in [0.2, 0.25) is 0 Å². The maximum absolute atomic E-state index is 12.5. The zero-order valence-corrected chi connectivity index (χ0v) is 13.2. The van der Waals surface area contributed by atoms with Gasteiger partial charge in [0.15, 0.2) is 0 Å². The largest absolute Gasteiger partial charge is 0.466 e. The molecule has 1 aliphatic rings. The summed E-state index contributed by atoms with van der Waals surface area (Å²) in [6.07, 6.45) is -3.38. The van der Waals surface area contributed by atoms with Crippen LogP contribution < -0.4 is 5.32 Å². The molecular weight excluding hydrogens is 325 g/mol.